The minimum absolute atomic E-state index is 0.663. The molecule has 1 atom stereocenters. The van der Waals surface area contributed by atoms with E-state index < -0.39 is 43.7 Å². The average Bonchev–Trinajstić information content (AvgIpc) is 2.42. The van der Waals surface area contributed by atoms with Crippen molar-refractivity contribution in [2.45, 2.75) is 6.10 Å². The molecule has 16 heavy (non-hydrogen) atoms. The monoisotopic (exact) mass is 256 g/mol. The smallest absolute Gasteiger partial charge is 0.502 e. The molecular formula is C6H9O9P. The normalized spacial score (nSPS) is 13.8. The Morgan fingerprint density at radius 3 is 2.38 bits per heavy atom. The lowest BCUT2D eigenvalue weighted by Gasteiger charge is -2.05. The summed E-state index contributed by atoms with van der Waals surface area (Å²) in [4.78, 5) is 16.9. The van der Waals surface area contributed by atoms with Crippen molar-refractivity contribution in [3.63, 3.8) is 0 Å². The van der Waals surface area contributed by atoms with Gasteiger partial charge in [0.1, 0.15) is 6.10 Å². The van der Waals surface area contributed by atoms with Crippen LogP contribution in [-0.2, 0) is 4.57 Å². The van der Waals surface area contributed by atoms with Crippen LogP contribution in [0.5, 0.6) is 17.4 Å². The fraction of sp³-hybridized carbons (Fsp3) is 0.333. The van der Waals surface area contributed by atoms with Gasteiger partial charge in [-0.25, -0.2) is 4.57 Å². The minimum atomic E-state index is -4.99. The summed E-state index contributed by atoms with van der Waals surface area (Å²) in [5.74, 6) is -3.79. The number of aliphatic hydroxyl groups is 2. The SMILES string of the molecule is O=P(O)(O)Oc1c(O)oc(C(O)CO)c1O. The number of phosphoric ester groups is 1. The highest BCUT2D eigenvalue weighted by molar-refractivity contribution is 7.46. The Hall–Kier alpha value is -1.25. The van der Waals surface area contributed by atoms with Crippen molar-refractivity contribution in [3.8, 4) is 17.4 Å². The predicted octanol–water partition coefficient (Wildman–Crippen LogP) is -0.812. The Morgan fingerprint density at radius 1 is 1.38 bits per heavy atom. The van der Waals surface area contributed by atoms with Gasteiger partial charge in [0.2, 0.25) is 5.75 Å². The summed E-state index contributed by atoms with van der Waals surface area (Å²) < 4.78 is 18.7. The first-order valence-corrected chi connectivity index (χ1v) is 5.38. The largest absolute Gasteiger partial charge is 0.525 e. The van der Waals surface area contributed by atoms with Crippen LogP contribution in [0.2, 0.25) is 0 Å². The number of hydrogen-bond acceptors (Lipinski definition) is 7. The van der Waals surface area contributed by atoms with Crippen LogP contribution in [0, 0.1) is 0 Å². The van der Waals surface area contributed by atoms with Crippen molar-refractivity contribution in [2.75, 3.05) is 6.61 Å². The molecule has 6 N–H and O–H groups in total. The van der Waals surface area contributed by atoms with E-state index in [0.717, 1.165) is 0 Å². The molecular weight excluding hydrogens is 247 g/mol. The van der Waals surface area contributed by atoms with Gasteiger partial charge in [0.05, 0.1) is 6.61 Å². The third kappa shape index (κ3) is 2.65. The molecule has 0 aliphatic heterocycles. The first-order chi connectivity index (χ1) is 7.26. The number of aromatic hydroxyl groups is 2. The van der Waals surface area contributed by atoms with E-state index in [9.17, 15) is 9.67 Å². The van der Waals surface area contributed by atoms with Gasteiger partial charge < -0.3 is 29.4 Å². The van der Waals surface area contributed by atoms with Crippen LogP contribution < -0.4 is 4.52 Å². The second kappa shape index (κ2) is 4.32. The number of phosphoric acid groups is 1. The number of hydrogen-bond donors (Lipinski definition) is 6. The lowest BCUT2D eigenvalue weighted by molar-refractivity contribution is 0.0719. The third-order valence-corrected chi connectivity index (χ3v) is 1.96. The summed E-state index contributed by atoms with van der Waals surface area (Å²) in [5.41, 5.74) is 0. The maximum absolute atomic E-state index is 10.5. The molecule has 0 bridgehead atoms. The van der Waals surface area contributed by atoms with E-state index in [1.807, 2.05) is 0 Å². The van der Waals surface area contributed by atoms with Gasteiger partial charge in [0.15, 0.2) is 5.76 Å². The highest BCUT2D eigenvalue weighted by Gasteiger charge is 2.30. The first kappa shape index (κ1) is 12.8. The van der Waals surface area contributed by atoms with Crippen molar-refractivity contribution < 1.29 is 43.7 Å². The van der Waals surface area contributed by atoms with Crippen LogP contribution in [0.15, 0.2) is 4.42 Å². The number of aliphatic hydroxyl groups excluding tert-OH is 2. The van der Waals surface area contributed by atoms with E-state index in [0.29, 0.717) is 0 Å². The van der Waals surface area contributed by atoms with Crippen LogP contribution in [0.1, 0.15) is 11.9 Å². The molecule has 0 spiro atoms. The van der Waals surface area contributed by atoms with E-state index in [1.54, 1.807) is 0 Å². The van der Waals surface area contributed by atoms with Crippen molar-refractivity contribution in [1.29, 1.82) is 0 Å². The lowest BCUT2D eigenvalue weighted by atomic mass is 10.2. The first-order valence-electron chi connectivity index (χ1n) is 3.85. The van der Waals surface area contributed by atoms with Crippen LogP contribution >= 0.6 is 7.82 Å². The number of furan rings is 1. The van der Waals surface area contributed by atoms with Crippen LogP contribution in [0.4, 0.5) is 0 Å². The van der Waals surface area contributed by atoms with Gasteiger partial charge >= 0.3 is 13.8 Å². The van der Waals surface area contributed by atoms with Gasteiger partial charge in [-0.1, -0.05) is 0 Å². The Kier molecular flexibility index (Phi) is 3.46. The Balaban J connectivity index is 3.12. The lowest BCUT2D eigenvalue weighted by Crippen LogP contribution is -2.00. The molecule has 0 aromatic carbocycles. The van der Waals surface area contributed by atoms with Gasteiger partial charge in [0.25, 0.3) is 5.75 Å². The summed E-state index contributed by atoms with van der Waals surface area (Å²) in [6.07, 6.45) is -1.65. The summed E-state index contributed by atoms with van der Waals surface area (Å²) in [5, 5.41) is 35.9. The molecule has 92 valence electrons. The molecule has 1 aromatic rings. The standard InChI is InChI=1S/C6H9O9P/c7-1-2(8)4-3(9)5(6(10)14-4)15-16(11,12)13/h2,7-10H,1H2,(H2,11,12,13). The van der Waals surface area contributed by atoms with E-state index in [-0.39, 0.29) is 0 Å². The van der Waals surface area contributed by atoms with Gasteiger partial charge in [-0.05, 0) is 0 Å². The minimum Gasteiger partial charge on any atom is -0.502 e. The van der Waals surface area contributed by atoms with Crippen molar-refractivity contribution in [2.24, 2.45) is 0 Å². The molecule has 0 radical (unpaired) electrons. The second-order valence-electron chi connectivity index (χ2n) is 2.73. The molecule has 0 aliphatic carbocycles. The zero-order chi connectivity index (χ0) is 12.5. The topological polar surface area (TPSA) is 161 Å². The Morgan fingerprint density at radius 2 is 1.94 bits per heavy atom. The van der Waals surface area contributed by atoms with Gasteiger partial charge in [-0.2, -0.15) is 0 Å². The average molecular weight is 256 g/mol. The van der Waals surface area contributed by atoms with Crippen LogP contribution in [0.25, 0.3) is 0 Å². The fourth-order valence-corrected chi connectivity index (χ4v) is 1.32. The van der Waals surface area contributed by atoms with Gasteiger partial charge in [-0.3, -0.25) is 9.79 Å². The second-order valence-corrected chi connectivity index (χ2v) is 3.89. The van der Waals surface area contributed by atoms with Gasteiger partial charge in [0, 0.05) is 0 Å². The van der Waals surface area contributed by atoms with Gasteiger partial charge in [-0.15, -0.1) is 0 Å². The molecule has 0 amide bonds. The highest BCUT2D eigenvalue weighted by Crippen LogP contribution is 2.50. The van der Waals surface area contributed by atoms with Crippen molar-refractivity contribution in [1.82, 2.24) is 0 Å². The fourth-order valence-electron chi connectivity index (χ4n) is 0.922. The van der Waals surface area contributed by atoms with Crippen LogP contribution in [0.3, 0.4) is 0 Å². The van der Waals surface area contributed by atoms with E-state index in [2.05, 4.69) is 8.94 Å². The van der Waals surface area contributed by atoms with Crippen LogP contribution in [-0.4, -0.2) is 36.8 Å². The maximum atomic E-state index is 10.5. The molecule has 9 nitrogen and oxygen atoms in total. The third-order valence-electron chi connectivity index (χ3n) is 1.54. The molecule has 1 heterocycles. The summed E-state index contributed by atoms with van der Waals surface area (Å²) in [6, 6.07) is 0. The zero-order valence-electron chi connectivity index (χ0n) is 7.64. The molecule has 10 heteroatoms. The molecule has 1 aromatic heterocycles. The number of rotatable bonds is 4. The van der Waals surface area contributed by atoms with E-state index in [4.69, 9.17) is 25.1 Å². The quantitative estimate of drug-likeness (QED) is 0.378. The zero-order valence-corrected chi connectivity index (χ0v) is 8.53. The molecule has 0 saturated carbocycles. The summed E-state index contributed by atoms with van der Waals surface area (Å²) in [7, 11) is -4.99. The molecule has 0 aliphatic rings. The summed E-state index contributed by atoms with van der Waals surface area (Å²) >= 11 is 0. The van der Waals surface area contributed by atoms with E-state index in [1.165, 1.54) is 0 Å². The molecule has 1 rings (SSSR count). The maximum Gasteiger partial charge on any atom is 0.525 e. The highest BCUT2D eigenvalue weighted by atomic mass is 31.2. The summed E-state index contributed by atoms with van der Waals surface area (Å²) in [6.45, 7) is -0.824. The molecule has 1 unspecified atom stereocenters. The Bertz CT molecular complexity index is 418. The Labute approximate surface area is 88.4 Å². The van der Waals surface area contributed by atoms with E-state index >= 15 is 0 Å². The predicted molar refractivity (Wildman–Crippen MR) is 46.8 cm³/mol. The molecule has 0 saturated heterocycles. The van der Waals surface area contributed by atoms with Crippen molar-refractivity contribution >= 4 is 7.82 Å². The van der Waals surface area contributed by atoms with Crippen molar-refractivity contribution in [3.05, 3.63) is 5.76 Å². The molecule has 0 fully saturated rings.